The molecule has 4 N–H and O–H groups in total. The van der Waals surface area contributed by atoms with Gasteiger partial charge in [-0.3, -0.25) is 0 Å². The molecule has 0 spiro atoms. The highest BCUT2D eigenvalue weighted by Crippen LogP contribution is 2.20. The van der Waals surface area contributed by atoms with E-state index in [1.54, 1.807) is 0 Å². The van der Waals surface area contributed by atoms with Crippen molar-refractivity contribution in [2.45, 2.75) is 25.9 Å². The van der Waals surface area contributed by atoms with E-state index in [4.69, 9.17) is 15.9 Å². The summed E-state index contributed by atoms with van der Waals surface area (Å²) in [6.45, 7) is 3.72. The van der Waals surface area contributed by atoms with Gasteiger partial charge in [-0.15, -0.1) is 0 Å². The molecule has 0 aliphatic carbocycles. The van der Waals surface area contributed by atoms with Crippen molar-refractivity contribution in [2.75, 3.05) is 0 Å². The zero-order valence-corrected chi connectivity index (χ0v) is 8.90. The van der Waals surface area contributed by atoms with Crippen LogP contribution in [0.25, 0.3) is 11.1 Å². The Morgan fingerprint density at radius 2 is 2.07 bits per heavy atom. The summed E-state index contributed by atoms with van der Waals surface area (Å²) in [4.78, 5) is 4.25. The largest absolute Gasteiger partial charge is 0.441 e. The van der Waals surface area contributed by atoms with Gasteiger partial charge in [-0.05, 0) is 24.6 Å². The molecular weight excluding hydrogens is 190 g/mol. The summed E-state index contributed by atoms with van der Waals surface area (Å²) in [5, 5.41) is 0. The van der Waals surface area contributed by atoms with E-state index in [1.165, 1.54) is 0 Å². The molecule has 1 heterocycles. The summed E-state index contributed by atoms with van der Waals surface area (Å²) >= 11 is 0. The van der Waals surface area contributed by atoms with Crippen LogP contribution in [0.2, 0.25) is 0 Å². The van der Waals surface area contributed by atoms with Crippen LogP contribution in [-0.4, -0.2) is 11.0 Å². The number of oxazole rings is 1. The molecule has 0 amide bonds. The quantitative estimate of drug-likeness (QED) is 0.778. The minimum absolute atomic E-state index is 0.0737. The topological polar surface area (TPSA) is 78.1 Å². The fourth-order valence-electron chi connectivity index (χ4n) is 1.57. The molecule has 0 saturated heterocycles. The van der Waals surface area contributed by atoms with Gasteiger partial charge in [-0.2, -0.15) is 0 Å². The Hall–Kier alpha value is -1.39. The van der Waals surface area contributed by atoms with Gasteiger partial charge < -0.3 is 15.9 Å². The third-order valence-corrected chi connectivity index (χ3v) is 2.47. The molecule has 0 radical (unpaired) electrons. The number of aryl methyl sites for hydroxylation is 1. The molecule has 15 heavy (non-hydrogen) atoms. The number of fused-ring (bicyclic) bond motifs is 1. The van der Waals surface area contributed by atoms with Crippen LogP contribution >= 0.6 is 0 Å². The molecule has 2 aromatic rings. The number of aromatic nitrogens is 1. The molecule has 0 aliphatic rings. The van der Waals surface area contributed by atoms with Crippen LogP contribution in [-0.2, 0) is 0 Å². The second-order valence-corrected chi connectivity index (χ2v) is 3.84. The van der Waals surface area contributed by atoms with Crippen molar-refractivity contribution < 1.29 is 4.42 Å². The smallest absolute Gasteiger partial charge is 0.192 e. The molecule has 0 aliphatic heterocycles. The standard InChI is InChI=1S/C11H15N3O/c1-6(12)11(13)8-3-4-10-9(5-8)14-7(2)15-10/h3-6,11H,12-13H2,1-2H3. The first-order chi connectivity index (χ1) is 7.08. The fourth-order valence-corrected chi connectivity index (χ4v) is 1.57. The first-order valence-corrected chi connectivity index (χ1v) is 4.96. The SMILES string of the molecule is Cc1nc2cc(C(N)C(C)N)ccc2o1. The second-order valence-electron chi connectivity index (χ2n) is 3.84. The van der Waals surface area contributed by atoms with Crippen molar-refractivity contribution in [2.24, 2.45) is 11.5 Å². The van der Waals surface area contributed by atoms with Crippen LogP contribution in [0.1, 0.15) is 24.4 Å². The first kappa shape index (κ1) is 10.1. The molecule has 1 aromatic heterocycles. The summed E-state index contributed by atoms with van der Waals surface area (Å²) < 4.78 is 5.38. The lowest BCUT2D eigenvalue weighted by Crippen LogP contribution is -2.30. The Kier molecular flexibility index (Phi) is 2.46. The summed E-state index contributed by atoms with van der Waals surface area (Å²) in [6.07, 6.45) is 0. The van der Waals surface area contributed by atoms with E-state index < -0.39 is 0 Å². The Bertz CT molecular complexity index is 476. The number of nitrogens with zero attached hydrogens (tertiary/aromatic N) is 1. The van der Waals surface area contributed by atoms with Gasteiger partial charge in [-0.25, -0.2) is 4.98 Å². The van der Waals surface area contributed by atoms with Gasteiger partial charge in [0, 0.05) is 19.0 Å². The molecule has 2 atom stereocenters. The lowest BCUT2D eigenvalue weighted by atomic mass is 10.0. The third-order valence-electron chi connectivity index (χ3n) is 2.47. The van der Waals surface area contributed by atoms with Crippen LogP contribution in [0.3, 0.4) is 0 Å². The van der Waals surface area contributed by atoms with Crippen LogP contribution < -0.4 is 11.5 Å². The van der Waals surface area contributed by atoms with Gasteiger partial charge in [-0.1, -0.05) is 6.07 Å². The van der Waals surface area contributed by atoms with Gasteiger partial charge in [0.2, 0.25) is 0 Å². The first-order valence-electron chi connectivity index (χ1n) is 4.96. The summed E-state index contributed by atoms with van der Waals surface area (Å²) in [7, 11) is 0. The van der Waals surface area contributed by atoms with Crippen molar-refractivity contribution in [3.63, 3.8) is 0 Å². The van der Waals surface area contributed by atoms with Gasteiger partial charge in [0.1, 0.15) is 5.52 Å². The van der Waals surface area contributed by atoms with Crippen molar-refractivity contribution in [3.8, 4) is 0 Å². The number of rotatable bonds is 2. The van der Waals surface area contributed by atoms with Crippen LogP contribution in [0.15, 0.2) is 22.6 Å². The minimum atomic E-state index is -0.161. The predicted octanol–water partition coefficient (Wildman–Crippen LogP) is 1.48. The average Bonchev–Trinajstić information content (AvgIpc) is 2.55. The van der Waals surface area contributed by atoms with Crippen molar-refractivity contribution in [1.29, 1.82) is 0 Å². The molecule has 2 unspecified atom stereocenters. The van der Waals surface area contributed by atoms with Gasteiger partial charge >= 0.3 is 0 Å². The molecule has 4 nitrogen and oxygen atoms in total. The van der Waals surface area contributed by atoms with Crippen LogP contribution in [0, 0.1) is 6.92 Å². The molecule has 0 bridgehead atoms. The van der Waals surface area contributed by atoms with E-state index in [2.05, 4.69) is 4.98 Å². The van der Waals surface area contributed by atoms with E-state index in [9.17, 15) is 0 Å². The van der Waals surface area contributed by atoms with Crippen LogP contribution in [0.5, 0.6) is 0 Å². The summed E-state index contributed by atoms with van der Waals surface area (Å²) in [6, 6.07) is 5.51. The molecular formula is C11H15N3O. The van der Waals surface area contributed by atoms with Crippen molar-refractivity contribution >= 4 is 11.1 Å². The van der Waals surface area contributed by atoms with Gasteiger partial charge in [0.25, 0.3) is 0 Å². The number of hydrogen-bond acceptors (Lipinski definition) is 4. The predicted molar refractivity (Wildman–Crippen MR) is 59.3 cm³/mol. The minimum Gasteiger partial charge on any atom is -0.441 e. The Labute approximate surface area is 88.3 Å². The second kappa shape index (κ2) is 3.64. The molecule has 1 aromatic carbocycles. The highest BCUT2D eigenvalue weighted by atomic mass is 16.3. The molecule has 4 heteroatoms. The van der Waals surface area contributed by atoms with Crippen molar-refractivity contribution in [1.82, 2.24) is 4.98 Å². The average molecular weight is 205 g/mol. The Balaban J connectivity index is 2.46. The molecule has 0 fully saturated rings. The summed E-state index contributed by atoms with van der Waals surface area (Å²) in [5.74, 6) is 0.663. The fraction of sp³-hybridized carbons (Fsp3) is 0.364. The van der Waals surface area contributed by atoms with E-state index in [0.717, 1.165) is 16.7 Å². The maximum absolute atomic E-state index is 5.95. The van der Waals surface area contributed by atoms with E-state index in [1.807, 2.05) is 32.0 Å². The number of nitrogens with two attached hydrogens (primary N) is 2. The van der Waals surface area contributed by atoms with Gasteiger partial charge in [0.05, 0.1) is 0 Å². The van der Waals surface area contributed by atoms with Crippen LogP contribution in [0.4, 0.5) is 0 Å². The number of hydrogen-bond donors (Lipinski definition) is 2. The lowest BCUT2D eigenvalue weighted by Gasteiger charge is -2.15. The molecule has 80 valence electrons. The monoisotopic (exact) mass is 205 g/mol. The normalized spacial score (nSPS) is 15.5. The molecule has 0 saturated carbocycles. The molecule has 2 rings (SSSR count). The summed E-state index contributed by atoms with van der Waals surface area (Å²) in [5.41, 5.74) is 14.3. The maximum Gasteiger partial charge on any atom is 0.192 e. The zero-order valence-electron chi connectivity index (χ0n) is 8.90. The third kappa shape index (κ3) is 1.86. The Morgan fingerprint density at radius 3 is 2.73 bits per heavy atom. The zero-order chi connectivity index (χ0) is 11.0. The highest BCUT2D eigenvalue weighted by molar-refractivity contribution is 5.73. The lowest BCUT2D eigenvalue weighted by molar-refractivity contribution is 0.560. The highest BCUT2D eigenvalue weighted by Gasteiger charge is 2.12. The van der Waals surface area contributed by atoms with E-state index >= 15 is 0 Å². The maximum atomic E-state index is 5.95. The number of benzene rings is 1. The van der Waals surface area contributed by atoms with E-state index in [-0.39, 0.29) is 12.1 Å². The van der Waals surface area contributed by atoms with Crippen molar-refractivity contribution in [3.05, 3.63) is 29.7 Å². The van der Waals surface area contributed by atoms with E-state index in [0.29, 0.717) is 5.89 Å². The van der Waals surface area contributed by atoms with Gasteiger partial charge in [0.15, 0.2) is 11.5 Å². The Morgan fingerprint density at radius 1 is 1.33 bits per heavy atom.